The number of benzene rings is 1. The van der Waals surface area contributed by atoms with Crippen molar-refractivity contribution in [2.75, 3.05) is 20.1 Å². The highest BCUT2D eigenvalue weighted by molar-refractivity contribution is 6.64. The predicted octanol–water partition coefficient (Wildman–Crippen LogP) is -0.888. The molecule has 0 aromatic heterocycles. The number of carbonyl (C=O) groups excluding carboxylic acids is 2. The molecule has 1 heterocycles. The first-order valence-electron chi connectivity index (χ1n) is 5.86. The van der Waals surface area contributed by atoms with Crippen molar-refractivity contribution in [2.45, 2.75) is 0 Å². The number of rotatable bonds is 2. The van der Waals surface area contributed by atoms with Crippen molar-refractivity contribution >= 4 is 30.5 Å². The zero-order chi connectivity index (χ0) is 14.7. The average Bonchev–Trinajstić information content (AvgIpc) is 2.36. The first kappa shape index (κ1) is 14.1. The van der Waals surface area contributed by atoms with Crippen LogP contribution in [0.3, 0.4) is 0 Å². The Hall–Kier alpha value is -2.35. The molecule has 1 aromatic rings. The first-order chi connectivity index (χ1) is 9.45. The molecule has 1 aromatic carbocycles. The van der Waals surface area contributed by atoms with E-state index in [0.717, 1.165) is 0 Å². The smallest absolute Gasteiger partial charge is 0.494 e. The van der Waals surface area contributed by atoms with Crippen molar-refractivity contribution in [2.24, 2.45) is 0 Å². The van der Waals surface area contributed by atoms with E-state index in [1.165, 1.54) is 29.2 Å². The number of carboxylic acid groups (broad SMARTS) is 1. The Morgan fingerprint density at radius 1 is 1.15 bits per heavy atom. The van der Waals surface area contributed by atoms with Gasteiger partial charge in [-0.25, -0.2) is 4.79 Å². The van der Waals surface area contributed by atoms with Gasteiger partial charge < -0.3 is 14.4 Å². The number of aromatic carboxylic acids is 1. The van der Waals surface area contributed by atoms with Gasteiger partial charge in [-0.05, 0) is 19.2 Å². The van der Waals surface area contributed by atoms with E-state index >= 15 is 0 Å². The maximum atomic E-state index is 11.6. The molecule has 1 N–H and O–H groups in total. The largest absolute Gasteiger partial charge is 0.636 e. The van der Waals surface area contributed by atoms with E-state index in [2.05, 4.69) is 0 Å². The second kappa shape index (κ2) is 5.75. The molecular weight excluding hydrogens is 265 g/mol. The lowest BCUT2D eigenvalue weighted by atomic mass is 9.78. The van der Waals surface area contributed by atoms with Crippen LogP contribution >= 0.6 is 0 Å². The first-order valence-corrected chi connectivity index (χ1v) is 5.86. The SMILES string of the molecule is CN1CC(=O)OB(c2ccc(C(=O)O)cc2)OC(=O)C1. The van der Waals surface area contributed by atoms with Gasteiger partial charge >= 0.3 is 25.0 Å². The van der Waals surface area contributed by atoms with E-state index < -0.39 is 25.0 Å². The molecule has 0 bridgehead atoms. The lowest BCUT2D eigenvalue weighted by Gasteiger charge is -2.22. The monoisotopic (exact) mass is 277 g/mol. The highest BCUT2D eigenvalue weighted by atomic mass is 16.6. The van der Waals surface area contributed by atoms with Crippen LogP contribution in [-0.2, 0) is 18.9 Å². The van der Waals surface area contributed by atoms with Crippen LogP contribution in [0.4, 0.5) is 0 Å². The molecule has 0 aliphatic carbocycles. The van der Waals surface area contributed by atoms with Gasteiger partial charge in [0.25, 0.3) is 0 Å². The maximum absolute atomic E-state index is 11.6. The second-order valence-corrected chi connectivity index (χ2v) is 4.41. The summed E-state index contributed by atoms with van der Waals surface area (Å²) < 4.78 is 10.1. The quantitative estimate of drug-likeness (QED) is 0.701. The zero-order valence-corrected chi connectivity index (χ0v) is 10.7. The van der Waals surface area contributed by atoms with Crippen molar-refractivity contribution in [3.05, 3.63) is 29.8 Å². The number of carbonyl (C=O) groups is 3. The molecule has 0 atom stereocenters. The molecule has 0 radical (unpaired) electrons. The summed E-state index contributed by atoms with van der Waals surface area (Å²) in [5.41, 5.74) is 0.498. The number of carboxylic acids is 1. The van der Waals surface area contributed by atoms with Crippen molar-refractivity contribution in [3.8, 4) is 0 Å². The minimum atomic E-state index is -1.15. The van der Waals surface area contributed by atoms with E-state index in [4.69, 9.17) is 14.4 Å². The summed E-state index contributed by atoms with van der Waals surface area (Å²) in [7, 11) is 0.455. The van der Waals surface area contributed by atoms with Crippen LogP contribution in [0.5, 0.6) is 0 Å². The molecule has 1 aliphatic heterocycles. The van der Waals surface area contributed by atoms with Crippen molar-refractivity contribution in [1.29, 1.82) is 0 Å². The van der Waals surface area contributed by atoms with Gasteiger partial charge in [-0.15, -0.1) is 0 Å². The molecule has 20 heavy (non-hydrogen) atoms. The lowest BCUT2D eigenvalue weighted by molar-refractivity contribution is -0.145. The maximum Gasteiger partial charge on any atom is 0.636 e. The highest BCUT2D eigenvalue weighted by Crippen LogP contribution is 2.03. The summed E-state index contributed by atoms with van der Waals surface area (Å²) in [5, 5.41) is 8.81. The predicted molar refractivity (Wildman–Crippen MR) is 68.5 cm³/mol. The molecule has 0 unspecified atom stereocenters. The van der Waals surface area contributed by atoms with Gasteiger partial charge in [-0.2, -0.15) is 0 Å². The number of hydrogen-bond acceptors (Lipinski definition) is 6. The summed E-state index contributed by atoms with van der Waals surface area (Å²) in [6.45, 7) is -0.0301. The minimum Gasteiger partial charge on any atom is -0.494 e. The molecule has 104 valence electrons. The third-order valence-electron chi connectivity index (χ3n) is 2.70. The van der Waals surface area contributed by atoms with Gasteiger partial charge in [0.15, 0.2) is 0 Å². The second-order valence-electron chi connectivity index (χ2n) is 4.41. The average molecular weight is 277 g/mol. The Kier molecular flexibility index (Phi) is 4.04. The normalized spacial score (nSPS) is 16.9. The van der Waals surface area contributed by atoms with Crippen LogP contribution in [0.2, 0.25) is 0 Å². The molecule has 2 rings (SSSR count). The Morgan fingerprint density at radius 3 is 2.10 bits per heavy atom. The Bertz CT molecular complexity index is 523. The van der Waals surface area contributed by atoms with E-state index in [1.54, 1.807) is 7.05 Å². The van der Waals surface area contributed by atoms with Crippen LogP contribution < -0.4 is 5.46 Å². The zero-order valence-electron chi connectivity index (χ0n) is 10.7. The standard InChI is InChI=1S/C12H12BNO6/c1-14-6-10(15)19-13(20-11(16)7-14)9-4-2-8(3-5-9)12(17)18/h2-5H,6-7H2,1H3,(H,17,18). The van der Waals surface area contributed by atoms with Crippen LogP contribution in [-0.4, -0.2) is 55.2 Å². The van der Waals surface area contributed by atoms with Crippen LogP contribution in [0.1, 0.15) is 10.4 Å². The highest BCUT2D eigenvalue weighted by Gasteiger charge is 2.33. The lowest BCUT2D eigenvalue weighted by Crippen LogP contribution is -2.47. The fourth-order valence-corrected chi connectivity index (χ4v) is 1.75. The van der Waals surface area contributed by atoms with Gasteiger partial charge in [-0.3, -0.25) is 14.5 Å². The van der Waals surface area contributed by atoms with Crippen LogP contribution in [0.15, 0.2) is 24.3 Å². The molecule has 7 nitrogen and oxygen atoms in total. The number of nitrogens with zero attached hydrogens (tertiary/aromatic N) is 1. The fourth-order valence-electron chi connectivity index (χ4n) is 1.75. The molecule has 8 heteroatoms. The third kappa shape index (κ3) is 3.36. The molecule has 1 saturated heterocycles. The third-order valence-corrected chi connectivity index (χ3v) is 2.70. The Labute approximate surface area is 115 Å². The number of hydrogen-bond donors (Lipinski definition) is 1. The Balaban J connectivity index is 2.19. The molecule has 0 spiro atoms. The van der Waals surface area contributed by atoms with Gasteiger partial charge in [-0.1, -0.05) is 12.1 Å². The van der Waals surface area contributed by atoms with E-state index in [0.29, 0.717) is 5.46 Å². The van der Waals surface area contributed by atoms with E-state index in [1.807, 2.05) is 0 Å². The topological polar surface area (TPSA) is 93.1 Å². The molecule has 0 amide bonds. The summed E-state index contributed by atoms with van der Waals surface area (Å²) in [6, 6.07) is 5.59. The molecule has 1 aliphatic rings. The van der Waals surface area contributed by atoms with Gasteiger partial charge in [0.05, 0.1) is 18.7 Å². The van der Waals surface area contributed by atoms with Crippen molar-refractivity contribution in [3.63, 3.8) is 0 Å². The fraction of sp³-hybridized carbons (Fsp3) is 0.250. The summed E-state index contributed by atoms with van der Waals surface area (Å²) >= 11 is 0. The number of likely N-dealkylation sites (N-methyl/N-ethyl adjacent to an activating group) is 1. The summed E-state index contributed by atoms with van der Waals surface area (Å²) in [5.74, 6) is -2.11. The molecular formula is C12H12BNO6. The van der Waals surface area contributed by atoms with Gasteiger partial charge in [0.1, 0.15) is 0 Å². The van der Waals surface area contributed by atoms with Crippen LogP contribution in [0.25, 0.3) is 0 Å². The van der Waals surface area contributed by atoms with Crippen molar-refractivity contribution in [1.82, 2.24) is 4.90 Å². The minimum absolute atomic E-state index is 0.0151. The molecule has 0 saturated carbocycles. The van der Waals surface area contributed by atoms with Gasteiger partial charge in [0.2, 0.25) is 0 Å². The summed E-state index contributed by atoms with van der Waals surface area (Å²) in [4.78, 5) is 35.4. The summed E-state index contributed by atoms with van der Waals surface area (Å²) in [6.07, 6.45) is 0. The van der Waals surface area contributed by atoms with Crippen LogP contribution in [0, 0.1) is 0 Å². The van der Waals surface area contributed by atoms with Gasteiger partial charge in [0, 0.05) is 5.46 Å². The molecule has 1 fully saturated rings. The van der Waals surface area contributed by atoms with Crippen molar-refractivity contribution < 1.29 is 28.8 Å². The van der Waals surface area contributed by atoms with E-state index in [-0.39, 0.29) is 18.7 Å². The Morgan fingerprint density at radius 2 is 1.65 bits per heavy atom. The van der Waals surface area contributed by atoms with E-state index in [9.17, 15) is 14.4 Å².